The fourth-order valence-electron chi connectivity index (χ4n) is 5.18. The lowest BCUT2D eigenvalue weighted by molar-refractivity contribution is 0.0523. The number of carbonyl (C=O) groups is 1. The van der Waals surface area contributed by atoms with E-state index >= 15 is 0 Å². The van der Waals surface area contributed by atoms with Gasteiger partial charge in [0, 0.05) is 37.2 Å². The lowest BCUT2D eigenvalue weighted by Crippen LogP contribution is -2.32. The number of fused-ring (bicyclic) bond motifs is 1. The molecule has 0 aliphatic heterocycles. The van der Waals surface area contributed by atoms with Crippen molar-refractivity contribution in [1.29, 1.82) is 0 Å². The average molecular weight is 676 g/mol. The molecule has 2 N–H and O–H groups in total. The summed E-state index contributed by atoms with van der Waals surface area (Å²) < 4.78 is 41.0. The molecule has 0 unspecified atom stereocenters. The molecule has 0 atom stereocenters. The van der Waals surface area contributed by atoms with Crippen LogP contribution in [0.4, 0.5) is 10.6 Å². The molecule has 250 valence electrons. The number of aryl methyl sites for hydroxylation is 1. The summed E-state index contributed by atoms with van der Waals surface area (Å²) in [5, 5.41) is 6.63. The summed E-state index contributed by atoms with van der Waals surface area (Å²) in [7, 11) is -4.02. The molecule has 0 bridgehead atoms. The molecule has 0 radical (unpaired) electrons. The maximum absolute atomic E-state index is 14.0. The van der Waals surface area contributed by atoms with E-state index in [4.69, 9.17) is 9.47 Å². The van der Waals surface area contributed by atoms with Crippen molar-refractivity contribution in [3.63, 3.8) is 0 Å². The maximum atomic E-state index is 14.0. The molecule has 3 aromatic carbocycles. The van der Waals surface area contributed by atoms with Crippen LogP contribution in [0.3, 0.4) is 0 Å². The number of anilines is 1. The second-order valence-electron chi connectivity index (χ2n) is 12.5. The molecule has 3 aromatic heterocycles. The van der Waals surface area contributed by atoms with Crippen molar-refractivity contribution in [2.75, 3.05) is 5.32 Å². The minimum atomic E-state index is -4.02. The number of nitrogens with one attached hydrogen (secondary N) is 2. The average Bonchev–Trinajstić information content (AvgIpc) is 3.49. The van der Waals surface area contributed by atoms with Gasteiger partial charge < -0.3 is 20.1 Å². The molecule has 0 aliphatic rings. The monoisotopic (exact) mass is 675 g/mol. The van der Waals surface area contributed by atoms with Crippen molar-refractivity contribution in [3.05, 3.63) is 132 Å². The number of hydrogen-bond acceptors (Lipinski definition) is 8. The molecule has 0 saturated carbocycles. The first kappa shape index (κ1) is 33.2. The number of benzene rings is 3. The first-order chi connectivity index (χ1) is 23.5. The first-order valence-corrected chi connectivity index (χ1v) is 17.2. The van der Waals surface area contributed by atoms with Gasteiger partial charge in [0.2, 0.25) is 0 Å². The van der Waals surface area contributed by atoms with Crippen molar-refractivity contribution in [3.8, 4) is 22.6 Å². The topological polar surface area (TPSA) is 124 Å². The number of alkyl carbamates (subject to hydrolysis) is 1. The summed E-state index contributed by atoms with van der Waals surface area (Å²) in [5.41, 5.74) is 3.87. The van der Waals surface area contributed by atoms with Gasteiger partial charge in [-0.3, -0.25) is 0 Å². The number of ether oxygens (including phenoxy) is 2. The molecule has 0 fully saturated rings. The van der Waals surface area contributed by atoms with Crippen LogP contribution in [0.5, 0.6) is 11.5 Å². The highest BCUT2D eigenvalue weighted by Crippen LogP contribution is 2.40. The fourth-order valence-corrected chi connectivity index (χ4v) is 6.50. The fraction of sp³-hybridized carbons (Fsp3) is 0.184. The van der Waals surface area contributed by atoms with Crippen LogP contribution in [-0.2, 0) is 27.8 Å². The van der Waals surface area contributed by atoms with E-state index in [1.54, 1.807) is 54.9 Å². The Balaban J connectivity index is 1.36. The maximum Gasteiger partial charge on any atom is 0.407 e. The molecule has 3 heterocycles. The minimum absolute atomic E-state index is 0.144. The van der Waals surface area contributed by atoms with E-state index in [1.165, 1.54) is 10.2 Å². The zero-order valence-electron chi connectivity index (χ0n) is 27.7. The van der Waals surface area contributed by atoms with Gasteiger partial charge in [0.25, 0.3) is 10.0 Å². The van der Waals surface area contributed by atoms with E-state index in [2.05, 4.69) is 20.6 Å². The Hall–Kier alpha value is -5.68. The molecule has 6 rings (SSSR count). The third-order valence-corrected chi connectivity index (χ3v) is 9.23. The van der Waals surface area contributed by atoms with Gasteiger partial charge in [-0.15, -0.1) is 0 Å². The number of aromatic nitrogens is 3. The van der Waals surface area contributed by atoms with E-state index in [0.717, 1.165) is 22.3 Å². The number of amides is 1. The smallest absolute Gasteiger partial charge is 0.407 e. The summed E-state index contributed by atoms with van der Waals surface area (Å²) in [6.07, 6.45) is 4.29. The Kier molecular flexibility index (Phi) is 9.37. The Morgan fingerprint density at radius 2 is 1.53 bits per heavy atom. The van der Waals surface area contributed by atoms with Crippen LogP contribution in [0.25, 0.3) is 22.2 Å². The summed E-state index contributed by atoms with van der Waals surface area (Å²) in [5.74, 6) is 1.58. The van der Waals surface area contributed by atoms with E-state index in [9.17, 15) is 13.2 Å². The lowest BCUT2D eigenvalue weighted by Gasteiger charge is -2.19. The molecule has 0 saturated heterocycles. The predicted octanol–water partition coefficient (Wildman–Crippen LogP) is 8.07. The van der Waals surface area contributed by atoms with Gasteiger partial charge in [-0.05, 0) is 86.8 Å². The van der Waals surface area contributed by atoms with Crippen LogP contribution in [0.15, 0.2) is 121 Å². The number of nitrogens with zero attached hydrogens (tertiary/aromatic N) is 3. The minimum Gasteiger partial charge on any atom is -0.457 e. The van der Waals surface area contributed by atoms with Gasteiger partial charge in [0.15, 0.2) is 5.65 Å². The third kappa shape index (κ3) is 7.90. The van der Waals surface area contributed by atoms with Gasteiger partial charge in [0.1, 0.15) is 22.9 Å². The molecule has 49 heavy (non-hydrogen) atoms. The first-order valence-electron chi connectivity index (χ1n) is 15.8. The van der Waals surface area contributed by atoms with Gasteiger partial charge in [-0.25, -0.2) is 27.2 Å². The molecular weight excluding hydrogens is 639 g/mol. The van der Waals surface area contributed by atoms with E-state index in [-0.39, 0.29) is 17.1 Å². The van der Waals surface area contributed by atoms with Crippen LogP contribution in [0, 0.1) is 6.92 Å². The van der Waals surface area contributed by atoms with E-state index in [1.807, 2.05) is 82.3 Å². The summed E-state index contributed by atoms with van der Waals surface area (Å²) in [4.78, 5) is 21.3. The van der Waals surface area contributed by atoms with Gasteiger partial charge in [0.05, 0.1) is 10.3 Å². The molecule has 0 spiro atoms. The summed E-state index contributed by atoms with van der Waals surface area (Å²) in [6, 6.07) is 29.4. The molecule has 0 aliphatic carbocycles. The number of rotatable bonds is 10. The van der Waals surface area contributed by atoms with E-state index in [0.29, 0.717) is 34.8 Å². The highest BCUT2D eigenvalue weighted by atomic mass is 32.2. The van der Waals surface area contributed by atoms with Crippen molar-refractivity contribution in [2.45, 2.75) is 51.3 Å². The normalized spacial score (nSPS) is 11.7. The molecule has 1 amide bonds. The highest BCUT2D eigenvalue weighted by Gasteiger charge is 2.25. The zero-order chi connectivity index (χ0) is 34.6. The SMILES string of the molecule is Cc1ccc(S(=O)(=O)n2cc(-c3ccnc(NCc4ccccc4)c3)c3c(Oc4ccc(CNC(=O)OC(C)(C)C)cc4)ccnc32)cc1. The van der Waals surface area contributed by atoms with Crippen LogP contribution >= 0.6 is 0 Å². The van der Waals surface area contributed by atoms with Gasteiger partial charge in [-0.2, -0.15) is 0 Å². The van der Waals surface area contributed by atoms with Crippen LogP contribution in [-0.4, -0.2) is 34.1 Å². The Bertz CT molecular complexity index is 2190. The molecule has 11 heteroatoms. The second kappa shape index (κ2) is 13.8. The van der Waals surface area contributed by atoms with Crippen molar-refractivity contribution < 1.29 is 22.7 Å². The Labute approximate surface area is 285 Å². The van der Waals surface area contributed by atoms with Crippen molar-refractivity contribution >= 4 is 33.0 Å². The summed E-state index contributed by atoms with van der Waals surface area (Å²) in [6.45, 7) is 8.18. The highest BCUT2D eigenvalue weighted by molar-refractivity contribution is 7.90. The molecule has 6 aromatic rings. The molecule has 10 nitrogen and oxygen atoms in total. The zero-order valence-corrected chi connectivity index (χ0v) is 28.5. The van der Waals surface area contributed by atoms with Crippen LogP contribution in [0.2, 0.25) is 0 Å². The Morgan fingerprint density at radius 1 is 0.837 bits per heavy atom. The number of carbonyl (C=O) groups excluding carboxylic acids is 1. The van der Waals surface area contributed by atoms with E-state index < -0.39 is 21.7 Å². The third-order valence-electron chi connectivity index (χ3n) is 7.57. The van der Waals surface area contributed by atoms with Crippen molar-refractivity contribution in [2.24, 2.45) is 0 Å². The van der Waals surface area contributed by atoms with Gasteiger partial charge in [-0.1, -0.05) is 60.2 Å². The van der Waals surface area contributed by atoms with Crippen molar-refractivity contribution in [1.82, 2.24) is 19.3 Å². The molecular formula is C38H37N5O5S. The number of pyridine rings is 2. The summed E-state index contributed by atoms with van der Waals surface area (Å²) >= 11 is 0. The Morgan fingerprint density at radius 3 is 2.24 bits per heavy atom. The van der Waals surface area contributed by atoms with Crippen LogP contribution in [0.1, 0.15) is 37.5 Å². The predicted molar refractivity (Wildman–Crippen MR) is 190 cm³/mol. The van der Waals surface area contributed by atoms with Crippen LogP contribution < -0.4 is 15.4 Å². The largest absolute Gasteiger partial charge is 0.457 e. The second-order valence-corrected chi connectivity index (χ2v) is 14.3. The standard InChI is InChI=1S/C38H37N5O5S/c1-26-10-16-31(17-11-26)49(45,46)43-25-32(29-18-20-39-34(22-29)41-23-27-8-6-5-7-9-27)35-33(19-21-40-36(35)43)47-30-14-12-28(13-15-30)24-42-37(44)48-38(2,3)4/h5-22,25H,23-24H2,1-4H3,(H,39,41)(H,42,44). The van der Waals surface area contributed by atoms with Gasteiger partial charge >= 0.3 is 6.09 Å². The number of hydrogen-bond donors (Lipinski definition) is 2. The lowest BCUT2D eigenvalue weighted by atomic mass is 10.1. The quantitative estimate of drug-likeness (QED) is 0.149.